The second-order valence-electron chi connectivity index (χ2n) is 6.01. The van der Waals surface area contributed by atoms with Gasteiger partial charge in [0.05, 0.1) is 22.5 Å². The third-order valence-corrected chi connectivity index (χ3v) is 5.34. The van der Waals surface area contributed by atoms with Gasteiger partial charge >= 0.3 is 10.4 Å². The SMILES string of the molecule is CCN(CCOS(=O)(=O)O)c1ccc(N=Nc2nc3ccc(C)cc3s2)cc1. The van der Waals surface area contributed by atoms with Crippen molar-refractivity contribution in [1.29, 1.82) is 0 Å². The number of hydrogen-bond donors (Lipinski definition) is 1. The van der Waals surface area contributed by atoms with Crippen LogP contribution >= 0.6 is 11.3 Å². The molecule has 0 radical (unpaired) electrons. The molecule has 0 aliphatic heterocycles. The van der Waals surface area contributed by atoms with Crippen LogP contribution in [0.15, 0.2) is 52.7 Å². The number of benzene rings is 2. The summed E-state index contributed by atoms with van der Waals surface area (Å²) < 4.78 is 35.3. The van der Waals surface area contributed by atoms with E-state index in [0.29, 0.717) is 23.9 Å². The minimum Gasteiger partial charge on any atom is -0.369 e. The zero-order valence-electron chi connectivity index (χ0n) is 15.4. The fourth-order valence-corrected chi connectivity index (χ4v) is 3.79. The molecule has 0 aliphatic carbocycles. The van der Waals surface area contributed by atoms with Crippen molar-refractivity contribution in [2.24, 2.45) is 10.2 Å². The van der Waals surface area contributed by atoms with E-state index in [0.717, 1.165) is 15.9 Å². The van der Waals surface area contributed by atoms with E-state index >= 15 is 0 Å². The first kappa shape index (κ1) is 20.3. The summed E-state index contributed by atoms with van der Waals surface area (Å²) >= 11 is 1.49. The number of anilines is 1. The fourth-order valence-electron chi connectivity index (χ4n) is 2.62. The Balaban J connectivity index is 1.66. The Morgan fingerprint density at radius 1 is 1.18 bits per heavy atom. The van der Waals surface area contributed by atoms with Gasteiger partial charge in [-0.15, -0.1) is 10.2 Å². The number of nitrogens with zero attached hydrogens (tertiary/aromatic N) is 4. The molecule has 10 heteroatoms. The lowest BCUT2D eigenvalue weighted by Crippen LogP contribution is -2.27. The van der Waals surface area contributed by atoms with Gasteiger partial charge in [0, 0.05) is 18.8 Å². The van der Waals surface area contributed by atoms with Gasteiger partial charge in [-0.1, -0.05) is 17.4 Å². The van der Waals surface area contributed by atoms with Gasteiger partial charge in [-0.3, -0.25) is 4.55 Å². The summed E-state index contributed by atoms with van der Waals surface area (Å²) in [7, 11) is -4.42. The van der Waals surface area contributed by atoms with Crippen molar-refractivity contribution in [2.75, 3.05) is 24.6 Å². The monoisotopic (exact) mass is 420 g/mol. The van der Waals surface area contributed by atoms with E-state index in [9.17, 15) is 8.42 Å². The van der Waals surface area contributed by atoms with Crippen molar-refractivity contribution in [3.8, 4) is 0 Å². The lowest BCUT2D eigenvalue weighted by Gasteiger charge is -2.22. The van der Waals surface area contributed by atoms with Crippen LogP contribution in [0.25, 0.3) is 10.2 Å². The predicted octanol–water partition coefficient (Wildman–Crippen LogP) is 4.67. The number of rotatable bonds is 8. The number of azo groups is 1. The average Bonchev–Trinajstić information content (AvgIpc) is 3.05. The molecule has 1 N–H and O–H groups in total. The third kappa shape index (κ3) is 5.55. The number of thiazole rings is 1. The smallest absolute Gasteiger partial charge is 0.369 e. The van der Waals surface area contributed by atoms with E-state index in [1.54, 1.807) is 0 Å². The lowest BCUT2D eigenvalue weighted by atomic mass is 10.2. The van der Waals surface area contributed by atoms with E-state index in [1.807, 2.05) is 55.1 Å². The van der Waals surface area contributed by atoms with Gasteiger partial charge in [0.1, 0.15) is 0 Å². The minimum absolute atomic E-state index is 0.134. The van der Waals surface area contributed by atoms with Gasteiger partial charge in [-0.05, 0) is 55.8 Å². The molecule has 0 saturated carbocycles. The van der Waals surface area contributed by atoms with Gasteiger partial charge < -0.3 is 4.90 Å². The zero-order valence-corrected chi connectivity index (χ0v) is 17.1. The molecule has 0 unspecified atom stereocenters. The lowest BCUT2D eigenvalue weighted by molar-refractivity contribution is 0.274. The second kappa shape index (κ2) is 8.74. The van der Waals surface area contributed by atoms with Crippen LogP contribution in [0.3, 0.4) is 0 Å². The van der Waals surface area contributed by atoms with Gasteiger partial charge in [-0.2, -0.15) is 8.42 Å². The molecule has 0 aliphatic rings. The van der Waals surface area contributed by atoms with Crippen molar-refractivity contribution in [3.05, 3.63) is 48.0 Å². The van der Waals surface area contributed by atoms with Gasteiger partial charge in [0.2, 0.25) is 5.13 Å². The van der Waals surface area contributed by atoms with Crippen LogP contribution in [-0.2, 0) is 14.6 Å². The number of likely N-dealkylation sites (N-methyl/N-ethyl adjacent to an activating group) is 1. The molecular formula is C18H20N4O4S2. The Kier molecular flexibility index (Phi) is 6.35. The zero-order chi connectivity index (χ0) is 20.1. The standard InChI is InChI=1S/C18H20N4O4S2/c1-3-22(10-11-26-28(23,24)25)15-7-5-14(6-8-15)20-21-18-19-16-9-4-13(2)12-17(16)27-18/h4-9,12H,3,10-11H2,1-2H3,(H,23,24,25). The number of fused-ring (bicyclic) bond motifs is 1. The highest BCUT2D eigenvalue weighted by molar-refractivity contribution is 7.80. The van der Waals surface area contributed by atoms with Crippen molar-refractivity contribution >= 4 is 48.5 Å². The third-order valence-electron chi connectivity index (χ3n) is 3.97. The number of aryl methyl sites for hydroxylation is 1. The molecule has 8 nitrogen and oxygen atoms in total. The highest BCUT2D eigenvalue weighted by atomic mass is 32.3. The van der Waals surface area contributed by atoms with Crippen LogP contribution in [0.1, 0.15) is 12.5 Å². The quantitative estimate of drug-likeness (QED) is 0.419. The fraction of sp³-hybridized carbons (Fsp3) is 0.278. The van der Waals surface area contributed by atoms with Crippen LogP contribution in [0.2, 0.25) is 0 Å². The molecule has 3 aromatic rings. The Labute approximate surface area is 167 Å². The van der Waals surface area contributed by atoms with Crippen LogP contribution in [0.5, 0.6) is 0 Å². The molecule has 3 rings (SSSR count). The first-order valence-corrected chi connectivity index (χ1v) is 10.8. The molecule has 0 spiro atoms. The molecule has 0 atom stereocenters. The van der Waals surface area contributed by atoms with Crippen molar-refractivity contribution in [1.82, 2.24) is 4.98 Å². The van der Waals surface area contributed by atoms with E-state index < -0.39 is 10.4 Å². The van der Waals surface area contributed by atoms with Crippen molar-refractivity contribution < 1.29 is 17.2 Å². The van der Waals surface area contributed by atoms with E-state index in [2.05, 4.69) is 25.5 Å². The number of hydrogen-bond acceptors (Lipinski definition) is 8. The summed E-state index contributed by atoms with van der Waals surface area (Å²) in [4.78, 5) is 6.37. The molecule has 2 aromatic carbocycles. The Morgan fingerprint density at radius 3 is 2.61 bits per heavy atom. The van der Waals surface area contributed by atoms with Crippen LogP contribution < -0.4 is 4.90 Å². The first-order valence-electron chi connectivity index (χ1n) is 8.60. The molecule has 0 bridgehead atoms. The normalized spacial score (nSPS) is 12.1. The first-order chi connectivity index (χ1) is 13.3. The van der Waals surface area contributed by atoms with Crippen LogP contribution in [0, 0.1) is 6.92 Å². The Hall–Kier alpha value is -2.40. The molecule has 1 aromatic heterocycles. The predicted molar refractivity (Wildman–Crippen MR) is 110 cm³/mol. The highest BCUT2D eigenvalue weighted by Crippen LogP contribution is 2.30. The van der Waals surface area contributed by atoms with Crippen LogP contribution in [0.4, 0.5) is 16.5 Å². The van der Waals surface area contributed by atoms with Gasteiger partial charge in [-0.25, -0.2) is 9.17 Å². The minimum atomic E-state index is -4.42. The van der Waals surface area contributed by atoms with Crippen molar-refractivity contribution in [2.45, 2.75) is 13.8 Å². The second-order valence-corrected chi connectivity index (χ2v) is 8.11. The highest BCUT2D eigenvalue weighted by Gasteiger charge is 2.08. The molecule has 0 amide bonds. The summed E-state index contributed by atoms with van der Waals surface area (Å²) in [5.74, 6) is 0. The summed E-state index contributed by atoms with van der Waals surface area (Å²) in [6, 6.07) is 13.4. The van der Waals surface area contributed by atoms with E-state index in [1.165, 1.54) is 16.9 Å². The maximum atomic E-state index is 10.6. The summed E-state index contributed by atoms with van der Waals surface area (Å²) in [6.45, 7) is 4.82. The molecule has 28 heavy (non-hydrogen) atoms. The van der Waals surface area contributed by atoms with E-state index in [-0.39, 0.29) is 6.61 Å². The summed E-state index contributed by atoms with van der Waals surface area (Å²) in [5, 5.41) is 9.05. The van der Waals surface area contributed by atoms with Gasteiger partial charge in [0.25, 0.3) is 0 Å². The maximum absolute atomic E-state index is 10.6. The van der Waals surface area contributed by atoms with Crippen LogP contribution in [-0.4, -0.2) is 37.7 Å². The number of aromatic nitrogens is 1. The molecule has 148 valence electrons. The molecule has 0 fully saturated rings. The Morgan fingerprint density at radius 2 is 1.93 bits per heavy atom. The largest absolute Gasteiger partial charge is 0.397 e. The summed E-state index contributed by atoms with van der Waals surface area (Å²) in [5.41, 5.74) is 3.66. The maximum Gasteiger partial charge on any atom is 0.397 e. The average molecular weight is 421 g/mol. The van der Waals surface area contributed by atoms with Crippen molar-refractivity contribution in [3.63, 3.8) is 0 Å². The van der Waals surface area contributed by atoms with E-state index in [4.69, 9.17) is 4.55 Å². The Bertz CT molecular complexity index is 1080. The summed E-state index contributed by atoms with van der Waals surface area (Å²) in [6.07, 6.45) is 0. The molecule has 0 saturated heterocycles. The molecular weight excluding hydrogens is 400 g/mol. The van der Waals surface area contributed by atoms with Gasteiger partial charge in [0.15, 0.2) is 0 Å². The topological polar surface area (TPSA) is 104 Å². The molecule has 1 heterocycles.